The van der Waals surface area contributed by atoms with E-state index in [0.29, 0.717) is 37.6 Å². The zero-order valence-electron chi connectivity index (χ0n) is 18.6. The van der Waals surface area contributed by atoms with Crippen LogP contribution in [0.25, 0.3) is 22.3 Å². The standard InChI is InChI=1S/C25H28N4O3/c1-17-8-9-18-20(16-17)26-23(19-6-4-5-7-21(19)30)27-24(18)29-14-12-28(13-15-29)22(31)10-11-25(2,3)32/h4-11,16,30,32H,12-15H2,1-3H3. The number of hydrogen-bond acceptors (Lipinski definition) is 6. The third-order valence-corrected chi connectivity index (χ3v) is 5.50. The van der Waals surface area contributed by atoms with Crippen LogP contribution >= 0.6 is 0 Å². The predicted molar refractivity (Wildman–Crippen MR) is 126 cm³/mol. The number of phenolic OH excluding ortho intramolecular Hbond substituents is 1. The smallest absolute Gasteiger partial charge is 0.246 e. The Kier molecular flexibility index (Phi) is 5.84. The van der Waals surface area contributed by atoms with Gasteiger partial charge in [-0.15, -0.1) is 0 Å². The highest BCUT2D eigenvalue weighted by atomic mass is 16.3. The van der Waals surface area contributed by atoms with E-state index in [1.165, 1.54) is 12.2 Å². The number of aromatic nitrogens is 2. The van der Waals surface area contributed by atoms with Crippen LogP contribution in [0.15, 0.2) is 54.6 Å². The molecular formula is C25H28N4O3. The van der Waals surface area contributed by atoms with Crippen molar-refractivity contribution in [1.29, 1.82) is 0 Å². The highest BCUT2D eigenvalue weighted by Gasteiger charge is 2.24. The van der Waals surface area contributed by atoms with E-state index in [4.69, 9.17) is 9.97 Å². The van der Waals surface area contributed by atoms with Gasteiger partial charge in [-0.1, -0.05) is 18.2 Å². The second-order valence-electron chi connectivity index (χ2n) is 8.71. The van der Waals surface area contributed by atoms with E-state index in [9.17, 15) is 15.0 Å². The molecule has 2 aromatic carbocycles. The molecule has 1 aliphatic rings. The van der Waals surface area contributed by atoms with Gasteiger partial charge in [0, 0.05) is 37.6 Å². The summed E-state index contributed by atoms with van der Waals surface area (Å²) in [6.07, 6.45) is 2.95. The Morgan fingerprint density at radius 2 is 1.78 bits per heavy atom. The van der Waals surface area contributed by atoms with Gasteiger partial charge in [0.25, 0.3) is 0 Å². The summed E-state index contributed by atoms with van der Waals surface area (Å²) in [6.45, 7) is 7.66. The second kappa shape index (κ2) is 8.59. The molecule has 1 fully saturated rings. The number of aromatic hydroxyl groups is 1. The number of benzene rings is 2. The third-order valence-electron chi connectivity index (χ3n) is 5.50. The monoisotopic (exact) mass is 432 g/mol. The number of hydrogen-bond donors (Lipinski definition) is 2. The molecule has 2 N–H and O–H groups in total. The van der Waals surface area contributed by atoms with Crippen LogP contribution in [0.2, 0.25) is 0 Å². The molecule has 4 rings (SSSR count). The number of fused-ring (bicyclic) bond motifs is 1. The zero-order valence-corrected chi connectivity index (χ0v) is 18.6. The number of para-hydroxylation sites is 1. The highest BCUT2D eigenvalue weighted by Crippen LogP contribution is 2.32. The number of aliphatic hydroxyl groups is 1. The highest BCUT2D eigenvalue weighted by molar-refractivity contribution is 5.92. The first-order valence-corrected chi connectivity index (χ1v) is 10.7. The first-order valence-electron chi connectivity index (χ1n) is 10.7. The molecular weight excluding hydrogens is 404 g/mol. The number of carbonyl (C=O) groups is 1. The summed E-state index contributed by atoms with van der Waals surface area (Å²) in [4.78, 5) is 25.9. The van der Waals surface area contributed by atoms with Crippen molar-refractivity contribution >= 4 is 22.6 Å². The largest absolute Gasteiger partial charge is 0.507 e. The number of rotatable bonds is 4. The van der Waals surface area contributed by atoms with Gasteiger partial charge in [0.05, 0.1) is 16.7 Å². The molecule has 0 bridgehead atoms. The molecule has 166 valence electrons. The molecule has 7 nitrogen and oxygen atoms in total. The molecule has 0 atom stereocenters. The molecule has 0 spiro atoms. The number of nitrogens with zero attached hydrogens (tertiary/aromatic N) is 4. The molecule has 1 aliphatic heterocycles. The molecule has 0 aliphatic carbocycles. The van der Waals surface area contributed by atoms with Gasteiger partial charge in [0.2, 0.25) is 5.91 Å². The Morgan fingerprint density at radius 3 is 2.47 bits per heavy atom. The average Bonchev–Trinajstić information content (AvgIpc) is 2.76. The number of phenols is 1. The predicted octanol–water partition coefficient (Wildman–Crippen LogP) is 3.29. The van der Waals surface area contributed by atoms with Crippen molar-refractivity contribution in [1.82, 2.24) is 14.9 Å². The average molecular weight is 433 g/mol. The van der Waals surface area contributed by atoms with E-state index in [-0.39, 0.29) is 11.7 Å². The summed E-state index contributed by atoms with van der Waals surface area (Å²) >= 11 is 0. The van der Waals surface area contributed by atoms with Crippen molar-refractivity contribution in [2.45, 2.75) is 26.4 Å². The summed E-state index contributed by atoms with van der Waals surface area (Å²) in [5.41, 5.74) is 1.48. The summed E-state index contributed by atoms with van der Waals surface area (Å²) in [7, 11) is 0. The molecule has 0 unspecified atom stereocenters. The van der Waals surface area contributed by atoms with Crippen LogP contribution in [0.3, 0.4) is 0 Å². The van der Waals surface area contributed by atoms with Gasteiger partial charge in [-0.2, -0.15) is 0 Å². The number of aryl methyl sites for hydroxylation is 1. The van der Waals surface area contributed by atoms with Gasteiger partial charge in [-0.3, -0.25) is 4.79 Å². The summed E-state index contributed by atoms with van der Waals surface area (Å²) in [5.74, 6) is 1.31. The molecule has 1 amide bonds. The molecule has 1 aromatic heterocycles. The fourth-order valence-corrected chi connectivity index (χ4v) is 3.77. The van der Waals surface area contributed by atoms with Crippen LogP contribution in [0.5, 0.6) is 5.75 Å². The molecule has 0 radical (unpaired) electrons. The van der Waals surface area contributed by atoms with Gasteiger partial charge in [0.1, 0.15) is 11.6 Å². The Balaban J connectivity index is 1.64. The van der Waals surface area contributed by atoms with E-state index >= 15 is 0 Å². The molecule has 2 heterocycles. The maximum atomic E-state index is 12.5. The zero-order chi connectivity index (χ0) is 22.9. The van der Waals surface area contributed by atoms with Gasteiger partial charge >= 0.3 is 0 Å². The van der Waals surface area contributed by atoms with Gasteiger partial charge in [0.15, 0.2) is 5.82 Å². The lowest BCUT2D eigenvalue weighted by Gasteiger charge is -2.35. The van der Waals surface area contributed by atoms with E-state index in [1.54, 1.807) is 30.9 Å². The fraction of sp³-hybridized carbons (Fsp3) is 0.320. The van der Waals surface area contributed by atoms with Crippen LogP contribution in [-0.4, -0.2) is 62.8 Å². The van der Waals surface area contributed by atoms with E-state index in [0.717, 1.165) is 22.3 Å². The first kappa shape index (κ1) is 21.8. The Bertz CT molecular complexity index is 1180. The van der Waals surface area contributed by atoms with E-state index < -0.39 is 5.60 Å². The van der Waals surface area contributed by atoms with Gasteiger partial charge < -0.3 is 20.0 Å². The van der Waals surface area contributed by atoms with Crippen molar-refractivity contribution < 1.29 is 15.0 Å². The van der Waals surface area contributed by atoms with Crippen LogP contribution in [-0.2, 0) is 4.79 Å². The Labute approximate surface area is 187 Å². The second-order valence-corrected chi connectivity index (χ2v) is 8.71. The Morgan fingerprint density at radius 1 is 1.06 bits per heavy atom. The van der Waals surface area contributed by atoms with Crippen molar-refractivity contribution in [2.75, 3.05) is 31.1 Å². The minimum Gasteiger partial charge on any atom is -0.507 e. The van der Waals surface area contributed by atoms with Crippen LogP contribution in [0.4, 0.5) is 5.82 Å². The molecule has 3 aromatic rings. The quantitative estimate of drug-likeness (QED) is 0.615. The van der Waals surface area contributed by atoms with Crippen molar-refractivity contribution in [3.63, 3.8) is 0 Å². The maximum Gasteiger partial charge on any atom is 0.246 e. The van der Waals surface area contributed by atoms with E-state index in [2.05, 4.69) is 4.90 Å². The number of carbonyl (C=O) groups excluding carboxylic acids is 1. The lowest BCUT2D eigenvalue weighted by molar-refractivity contribution is -0.126. The number of amides is 1. The van der Waals surface area contributed by atoms with Crippen LogP contribution in [0.1, 0.15) is 19.4 Å². The molecule has 1 saturated heterocycles. The lowest BCUT2D eigenvalue weighted by Crippen LogP contribution is -2.48. The van der Waals surface area contributed by atoms with Crippen molar-refractivity contribution in [3.05, 3.63) is 60.2 Å². The topological polar surface area (TPSA) is 89.8 Å². The minimum atomic E-state index is -1.02. The molecule has 32 heavy (non-hydrogen) atoms. The molecule has 0 saturated carbocycles. The van der Waals surface area contributed by atoms with Crippen molar-refractivity contribution in [3.8, 4) is 17.1 Å². The maximum absolute atomic E-state index is 12.5. The van der Waals surface area contributed by atoms with Gasteiger partial charge in [-0.25, -0.2) is 9.97 Å². The third kappa shape index (κ3) is 4.73. The van der Waals surface area contributed by atoms with Gasteiger partial charge in [-0.05, 0) is 56.7 Å². The molecule has 7 heteroatoms. The summed E-state index contributed by atoms with van der Waals surface area (Å²) in [5, 5.41) is 21.1. The first-order chi connectivity index (χ1) is 15.2. The Hall–Kier alpha value is -3.45. The van der Waals surface area contributed by atoms with Crippen LogP contribution < -0.4 is 4.90 Å². The lowest BCUT2D eigenvalue weighted by atomic mass is 10.1. The van der Waals surface area contributed by atoms with Crippen LogP contribution in [0, 0.1) is 6.92 Å². The van der Waals surface area contributed by atoms with Crippen molar-refractivity contribution in [2.24, 2.45) is 0 Å². The minimum absolute atomic E-state index is 0.107. The SMILES string of the molecule is Cc1ccc2c(N3CCN(C(=O)C=CC(C)(C)O)CC3)nc(-c3ccccc3O)nc2c1. The number of anilines is 1. The van der Waals surface area contributed by atoms with E-state index in [1.807, 2.05) is 37.3 Å². The summed E-state index contributed by atoms with van der Waals surface area (Å²) < 4.78 is 0. The summed E-state index contributed by atoms with van der Waals surface area (Å²) in [6, 6.07) is 13.1. The normalized spacial score (nSPS) is 15.0. The number of piperazine rings is 1. The fourth-order valence-electron chi connectivity index (χ4n) is 3.77.